The van der Waals surface area contributed by atoms with Crippen LogP contribution in [0.2, 0.25) is 5.02 Å². The predicted octanol–water partition coefficient (Wildman–Crippen LogP) is 1.48. The van der Waals surface area contributed by atoms with Crippen LogP contribution in [0.1, 0.15) is 6.92 Å². The van der Waals surface area contributed by atoms with Crippen LogP contribution in [0.15, 0.2) is 17.0 Å². The van der Waals surface area contributed by atoms with E-state index in [-0.39, 0.29) is 21.9 Å². The fourth-order valence-corrected chi connectivity index (χ4v) is 2.76. The molecule has 106 valence electrons. The third-order valence-electron chi connectivity index (χ3n) is 3.09. The second-order valence-corrected chi connectivity index (χ2v) is 7.11. The van der Waals surface area contributed by atoms with Gasteiger partial charge in [-0.3, -0.25) is 0 Å². The number of sulfone groups is 1. The van der Waals surface area contributed by atoms with Crippen LogP contribution in [-0.2, 0) is 9.84 Å². The van der Waals surface area contributed by atoms with Crippen molar-refractivity contribution in [3.63, 3.8) is 0 Å². The van der Waals surface area contributed by atoms with E-state index < -0.39 is 9.84 Å². The standard InChI is InChI=1S/C12H16ClNO4S/c1-7(5-14)11-6-17-12-9(13)3-8(19(2,15)16)4-10(12)18-11/h3-4,7,11H,5-6,14H2,1-2H3. The van der Waals surface area contributed by atoms with Crippen molar-refractivity contribution in [2.45, 2.75) is 17.9 Å². The number of benzene rings is 1. The average Bonchev–Trinajstić information content (AvgIpc) is 2.36. The topological polar surface area (TPSA) is 78.6 Å². The van der Waals surface area contributed by atoms with Crippen LogP contribution < -0.4 is 15.2 Å². The van der Waals surface area contributed by atoms with Gasteiger partial charge in [0.1, 0.15) is 12.7 Å². The zero-order chi connectivity index (χ0) is 14.2. The van der Waals surface area contributed by atoms with E-state index in [4.69, 9.17) is 26.8 Å². The Morgan fingerprint density at radius 2 is 2.21 bits per heavy atom. The van der Waals surface area contributed by atoms with Crippen molar-refractivity contribution in [2.75, 3.05) is 19.4 Å². The van der Waals surface area contributed by atoms with Gasteiger partial charge in [0.15, 0.2) is 21.3 Å². The maximum Gasteiger partial charge on any atom is 0.180 e. The first-order valence-electron chi connectivity index (χ1n) is 5.86. The summed E-state index contributed by atoms with van der Waals surface area (Å²) in [6.45, 7) is 2.76. The minimum atomic E-state index is -3.35. The van der Waals surface area contributed by atoms with Crippen LogP contribution in [0, 0.1) is 5.92 Å². The van der Waals surface area contributed by atoms with Crippen molar-refractivity contribution in [2.24, 2.45) is 11.7 Å². The number of ether oxygens (including phenoxy) is 2. The zero-order valence-corrected chi connectivity index (χ0v) is 12.3. The normalized spacial score (nSPS) is 20.1. The van der Waals surface area contributed by atoms with Crippen molar-refractivity contribution in [1.29, 1.82) is 0 Å². The van der Waals surface area contributed by atoms with Gasteiger partial charge >= 0.3 is 0 Å². The second-order valence-electron chi connectivity index (χ2n) is 4.68. The number of rotatable bonds is 3. The molecule has 0 aliphatic carbocycles. The molecule has 2 N–H and O–H groups in total. The fraction of sp³-hybridized carbons (Fsp3) is 0.500. The molecule has 2 atom stereocenters. The first-order chi connectivity index (χ1) is 8.82. The monoisotopic (exact) mass is 305 g/mol. The summed E-state index contributed by atoms with van der Waals surface area (Å²) in [6.07, 6.45) is 0.915. The van der Waals surface area contributed by atoms with Crippen molar-refractivity contribution < 1.29 is 17.9 Å². The number of hydrogen-bond acceptors (Lipinski definition) is 5. The van der Waals surface area contributed by atoms with E-state index >= 15 is 0 Å². The Hall–Kier alpha value is -0.980. The molecule has 0 saturated heterocycles. The summed E-state index contributed by atoms with van der Waals surface area (Å²) in [6, 6.07) is 2.80. The summed E-state index contributed by atoms with van der Waals surface area (Å²) in [5, 5.41) is 0.233. The molecule has 0 radical (unpaired) electrons. The molecule has 1 aliphatic rings. The molecule has 0 saturated carbocycles. The summed E-state index contributed by atoms with van der Waals surface area (Å²) in [5.74, 6) is 0.841. The highest BCUT2D eigenvalue weighted by Gasteiger charge is 2.28. The van der Waals surface area contributed by atoms with E-state index in [0.29, 0.717) is 24.7 Å². The number of fused-ring (bicyclic) bond motifs is 1. The molecule has 2 rings (SSSR count). The summed E-state index contributed by atoms with van der Waals surface area (Å²) in [7, 11) is -3.35. The highest BCUT2D eigenvalue weighted by Crippen LogP contribution is 2.41. The lowest BCUT2D eigenvalue weighted by atomic mass is 10.1. The Labute approximate surface area is 117 Å². The fourth-order valence-electron chi connectivity index (χ4n) is 1.78. The molecular formula is C12H16ClNO4S. The van der Waals surface area contributed by atoms with Crippen LogP contribution in [0.25, 0.3) is 0 Å². The molecule has 5 nitrogen and oxygen atoms in total. The minimum Gasteiger partial charge on any atom is -0.484 e. The molecular weight excluding hydrogens is 290 g/mol. The Morgan fingerprint density at radius 3 is 2.79 bits per heavy atom. The van der Waals surface area contributed by atoms with Gasteiger partial charge in [0.25, 0.3) is 0 Å². The molecule has 0 amide bonds. The summed E-state index contributed by atoms with van der Waals surface area (Å²) < 4.78 is 34.4. The molecule has 0 bridgehead atoms. The van der Waals surface area contributed by atoms with Crippen LogP contribution in [0.5, 0.6) is 11.5 Å². The maximum atomic E-state index is 11.6. The van der Waals surface area contributed by atoms with E-state index in [2.05, 4.69) is 0 Å². The molecule has 19 heavy (non-hydrogen) atoms. The van der Waals surface area contributed by atoms with Gasteiger partial charge in [0.2, 0.25) is 0 Å². The molecule has 1 aliphatic heterocycles. The first kappa shape index (κ1) is 14.4. The zero-order valence-electron chi connectivity index (χ0n) is 10.7. The van der Waals surface area contributed by atoms with Crippen molar-refractivity contribution in [3.05, 3.63) is 17.2 Å². The van der Waals surface area contributed by atoms with Gasteiger partial charge in [-0.25, -0.2) is 8.42 Å². The average molecular weight is 306 g/mol. The Morgan fingerprint density at radius 1 is 1.53 bits per heavy atom. The summed E-state index contributed by atoms with van der Waals surface area (Å²) in [5.41, 5.74) is 5.59. The maximum absolute atomic E-state index is 11.6. The molecule has 0 spiro atoms. The third kappa shape index (κ3) is 2.96. The lowest BCUT2D eigenvalue weighted by molar-refractivity contribution is 0.0558. The van der Waals surface area contributed by atoms with Crippen LogP contribution >= 0.6 is 11.6 Å². The number of halogens is 1. The smallest absolute Gasteiger partial charge is 0.180 e. The van der Waals surface area contributed by atoms with Gasteiger partial charge < -0.3 is 15.2 Å². The van der Waals surface area contributed by atoms with Gasteiger partial charge in [-0.15, -0.1) is 0 Å². The van der Waals surface area contributed by atoms with Crippen LogP contribution in [0.4, 0.5) is 0 Å². The van der Waals surface area contributed by atoms with Crippen LogP contribution in [0.3, 0.4) is 0 Å². The predicted molar refractivity (Wildman–Crippen MR) is 72.7 cm³/mol. The van der Waals surface area contributed by atoms with E-state index in [0.717, 1.165) is 6.26 Å². The van der Waals surface area contributed by atoms with Gasteiger partial charge in [-0.1, -0.05) is 18.5 Å². The van der Waals surface area contributed by atoms with E-state index in [9.17, 15) is 8.42 Å². The highest BCUT2D eigenvalue weighted by atomic mass is 35.5. The summed E-state index contributed by atoms with van der Waals surface area (Å²) >= 11 is 6.02. The lowest BCUT2D eigenvalue weighted by Gasteiger charge is -2.30. The van der Waals surface area contributed by atoms with Crippen molar-refractivity contribution in [1.82, 2.24) is 0 Å². The molecule has 7 heteroatoms. The van der Waals surface area contributed by atoms with E-state index in [1.54, 1.807) is 0 Å². The first-order valence-corrected chi connectivity index (χ1v) is 8.13. The van der Waals surface area contributed by atoms with Gasteiger partial charge in [0.05, 0.1) is 9.92 Å². The second kappa shape index (κ2) is 5.19. The van der Waals surface area contributed by atoms with Crippen molar-refractivity contribution >= 4 is 21.4 Å². The van der Waals surface area contributed by atoms with Gasteiger partial charge in [0, 0.05) is 18.2 Å². The van der Waals surface area contributed by atoms with E-state index in [1.165, 1.54) is 12.1 Å². The lowest BCUT2D eigenvalue weighted by Crippen LogP contribution is -2.38. The molecule has 0 fully saturated rings. The molecule has 1 heterocycles. The van der Waals surface area contributed by atoms with Crippen molar-refractivity contribution in [3.8, 4) is 11.5 Å². The highest BCUT2D eigenvalue weighted by molar-refractivity contribution is 7.90. The minimum absolute atomic E-state index is 0.105. The molecule has 2 unspecified atom stereocenters. The van der Waals surface area contributed by atoms with Gasteiger partial charge in [-0.2, -0.15) is 0 Å². The SMILES string of the molecule is CC(CN)C1COc2c(Cl)cc(S(C)(=O)=O)cc2O1. The van der Waals surface area contributed by atoms with E-state index in [1.807, 2.05) is 6.92 Å². The molecule has 1 aromatic rings. The Kier molecular flexibility index (Phi) is 3.94. The third-order valence-corrected chi connectivity index (χ3v) is 4.46. The quantitative estimate of drug-likeness (QED) is 0.915. The Bertz CT molecular complexity index is 588. The Balaban J connectivity index is 2.40. The number of nitrogens with two attached hydrogens (primary N) is 1. The summed E-state index contributed by atoms with van der Waals surface area (Å²) in [4.78, 5) is 0.112. The van der Waals surface area contributed by atoms with Gasteiger partial charge in [-0.05, 0) is 12.6 Å². The molecule has 0 aromatic heterocycles. The number of hydrogen-bond donors (Lipinski definition) is 1. The molecule has 1 aromatic carbocycles. The van der Waals surface area contributed by atoms with Crippen LogP contribution in [-0.4, -0.2) is 33.9 Å². The largest absolute Gasteiger partial charge is 0.484 e.